The highest BCUT2D eigenvalue weighted by molar-refractivity contribution is 5.89. The van der Waals surface area contributed by atoms with Crippen LogP contribution in [0.3, 0.4) is 0 Å². The molecular weight excluding hydrogens is 224 g/mol. The predicted molar refractivity (Wildman–Crippen MR) is 74.5 cm³/mol. The minimum Gasteiger partial charge on any atom is -0.314 e. The van der Waals surface area contributed by atoms with E-state index in [0.29, 0.717) is 0 Å². The summed E-state index contributed by atoms with van der Waals surface area (Å²) in [5, 5.41) is 5.61. The quantitative estimate of drug-likeness (QED) is 0.833. The van der Waals surface area contributed by atoms with Crippen molar-refractivity contribution < 1.29 is 4.79 Å². The number of allylic oxidation sites excluding steroid dienone is 1. The molecule has 96 valence electrons. The van der Waals surface area contributed by atoms with Gasteiger partial charge in [0.25, 0.3) is 0 Å². The highest BCUT2D eigenvalue weighted by Gasteiger charge is 2.06. The van der Waals surface area contributed by atoms with Crippen LogP contribution in [0, 0.1) is 0 Å². The van der Waals surface area contributed by atoms with Crippen molar-refractivity contribution in [2.75, 3.05) is 5.32 Å². The molecule has 0 heterocycles. The van der Waals surface area contributed by atoms with Gasteiger partial charge < -0.3 is 10.6 Å². The largest absolute Gasteiger partial charge is 0.323 e. The fourth-order valence-corrected chi connectivity index (χ4v) is 2.13. The second kappa shape index (κ2) is 6.24. The fourth-order valence-electron chi connectivity index (χ4n) is 2.13. The third kappa shape index (κ3) is 3.62. The molecule has 0 radical (unpaired) electrons. The molecule has 2 amide bonds. The first kappa shape index (κ1) is 12.7. The normalized spacial score (nSPS) is 14.4. The SMILES string of the molecule is CCc1ccc(NC(=O)NC=C2CCCC2)cc1. The monoisotopic (exact) mass is 244 g/mol. The first-order valence-electron chi connectivity index (χ1n) is 6.62. The lowest BCUT2D eigenvalue weighted by atomic mass is 10.1. The molecule has 1 saturated carbocycles. The Morgan fingerprint density at radius 2 is 1.89 bits per heavy atom. The Bertz CT molecular complexity index is 426. The summed E-state index contributed by atoms with van der Waals surface area (Å²) in [5.74, 6) is 0. The molecule has 1 aromatic carbocycles. The van der Waals surface area contributed by atoms with Gasteiger partial charge in [-0.1, -0.05) is 24.6 Å². The maximum absolute atomic E-state index is 11.7. The molecule has 0 aromatic heterocycles. The topological polar surface area (TPSA) is 41.1 Å². The summed E-state index contributed by atoms with van der Waals surface area (Å²) in [5.41, 5.74) is 3.44. The molecule has 18 heavy (non-hydrogen) atoms. The lowest BCUT2D eigenvalue weighted by Crippen LogP contribution is -2.24. The average molecular weight is 244 g/mol. The smallest absolute Gasteiger partial charge is 0.314 e. The van der Waals surface area contributed by atoms with Crippen molar-refractivity contribution in [1.29, 1.82) is 0 Å². The lowest BCUT2D eigenvalue weighted by molar-refractivity contribution is 0.255. The Balaban J connectivity index is 1.84. The van der Waals surface area contributed by atoms with Crippen molar-refractivity contribution in [2.45, 2.75) is 39.0 Å². The molecule has 1 aliphatic rings. The van der Waals surface area contributed by atoms with Crippen molar-refractivity contribution in [3.05, 3.63) is 41.6 Å². The van der Waals surface area contributed by atoms with Crippen LogP contribution in [0.25, 0.3) is 0 Å². The maximum Gasteiger partial charge on any atom is 0.323 e. The molecule has 2 N–H and O–H groups in total. The van der Waals surface area contributed by atoms with E-state index >= 15 is 0 Å². The van der Waals surface area contributed by atoms with Crippen LogP contribution in [0.1, 0.15) is 38.2 Å². The van der Waals surface area contributed by atoms with E-state index in [0.717, 1.165) is 24.9 Å². The van der Waals surface area contributed by atoms with Crippen molar-refractivity contribution in [1.82, 2.24) is 5.32 Å². The number of benzene rings is 1. The number of carbonyl (C=O) groups is 1. The van der Waals surface area contributed by atoms with Crippen molar-refractivity contribution in [3.63, 3.8) is 0 Å². The van der Waals surface area contributed by atoms with E-state index in [1.54, 1.807) is 0 Å². The van der Waals surface area contributed by atoms with Crippen LogP contribution in [-0.2, 0) is 6.42 Å². The molecule has 3 heteroatoms. The minimum absolute atomic E-state index is 0.168. The summed E-state index contributed by atoms with van der Waals surface area (Å²) in [6.07, 6.45) is 7.58. The summed E-state index contributed by atoms with van der Waals surface area (Å²) in [7, 11) is 0. The molecule has 0 unspecified atom stereocenters. The third-order valence-corrected chi connectivity index (χ3v) is 3.27. The maximum atomic E-state index is 11.7. The lowest BCUT2D eigenvalue weighted by Gasteiger charge is -2.06. The molecular formula is C15H20N2O. The van der Waals surface area contributed by atoms with Crippen LogP contribution in [0.4, 0.5) is 10.5 Å². The van der Waals surface area contributed by atoms with E-state index in [1.807, 2.05) is 30.5 Å². The van der Waals surface area contributed by atoms with Gasteiger partial charge in [-0.3, -0.25) is 0 Å². The summed E-state index contributed by atoms with van der Waals surface area (Å²) in [6, 6.07) is 7.76. The van der Waals surface area contributed by atoms with E-state index in [2.05, 4.69) is 17.6 Å². The van der Waals surface area contributed by atoms with Gasteiger partial charge in [0.15, 0.2) is 0 Å². The van der Waals surface area contributed by atoms with Gasteiger partial charge >= 0.3 is 6.03 Å². The minimum atomic E-state index is -0.168. The average Bonchev–Trinajstić information content (AvgIpc) is 2.90. The van der Waals surface area contributed by atoms with Crippen molar-refractivity contribution in [3.8, 4) is 0 Å². The van der Waals surface area contributed by atoms with Gasteiger partial charge in [-0.05, 0) is 49.8 Å². The molecule has 0 bridgehead atoms. The number of carbonyl (C=O) groups excluding carboxylic acids is 1. The van der Waals surface area contributed by atoms with Crippen LogP contribution in [0.15, 0.2) is 36.0 Å². The number of nitrogens with one attached hydrogen (secondary N) is 2. The number of anilines is 1. The number of hydrogen-bond acceptors (Lipinski definition) is 1. The number of rotatable bonds is 3. The zero-order chi connectivity index (χ0) is 12.8. The zero-order valence-corrected chi connectivity index (χ0v) is 10.8. The van der Waals surface area contributed by atoms with Gasteiger partial charge in [0.2, 0.25) is 0 Å². The van der Waals surface area contributed by atoms with Crippen LogP contribution < -0.4 is 10.6 Å². The van der Waals surface area contributed by atoms with E-state index in [9.17, 15) is 4.79 Å². The molecule has 1 aliphatic carbocycles. The van der Waals surface area contributed by atoms with Gasteiger partial charge in [-0.15, -0.1) is 0 Å². The Labute approximate surface area is 108 Å². The molecule has 0 saturated heterocycles. The predicted octanol–water partition coefficient (Wildman–Crippen LogP) is 3.83. The van der Waals surface area contributed by atoms with Crippen molar-refractivity contribution >= 4 is 11.7 Å². The zero-order valence-electron chi connectivity index (χ0n) is 10.8. The van der Waals surface area contributed by atoms with Crippen LogP contribution in [0.2, 0.25) is 0 Å². The number of hydrogen-bond donors (Lipinski definition) is 2. The molecule has 1 fully saturated rings. The second-order valence-corrected chi connectivity index (χ2v) is 4.66. The molecule has 0 spiro atoms. The molecule has 0 aliphatic heterocycles. The summed E-state index contributed by atoms with van der Waals surface area (Å²) < 4.78 is 0. The van der Waals surface area contributed by atoms with Crippen LogP contribution in [-0.4, -0.2) is 6.03 Å². The Morgan fingerprint density at radius 1 is 1.22 bits per heavy atom. The number of amides is 2. The van der Waals surface area contributed by atoms with E-state index in [1.165, 1.54) is 24.0 Å². The second-order valence-electron chi connectivity index (χ2n) is 4.66. The van der Waals surface area contributed by atoms with Crippen LogP contribution >= 0.6 is 0 Å². The summed E-state index contributed by atoms with van der Waals surface area (Å²) in [6.45, 7) is 2.11. The highest BCUT2D eigenvalue weighted by atomic mass is 16.2. The van der Waals surface area contributed by atoms with E-state index in [-0.39, 0.29) is 6.03 Å². The highest BCUT2D eigenvalue weighted by Crippen LogP contribution is 2.22. The molecule has 2 rings (SSSR count). The van der Waals surface area contributed by atoms with Gasteiger partial charge in [-0.25, -0.2) is 4.79 Å². The summed E-state index contributed by atoms with van der Waals surface area (Å²) in [4.78, 5) is 11.7. The molecule has 1 aromatic rings. The van der Waals surface area contributed by atoms with Gasteiger partial charge in [0.1, 0.15) is 0 Å². The van der Waals surface area contributed by atoms with Gasteiger partial charge in [-0.2, -0.15) is 0 Å². The Morgan fingerprint density at radius 3 is 2.50 bits per heavy atom. The Hall–Kier alpha value is -1.77. The van der Waals surface area contributed by atoms with Gasteiger partial charge in [0, 0.05) is 11.9 Å². The first-order valence-corrected chi connectivity index (χ1v) is 6.62. The van der Waals surface area contributed by atoms with Crippen LogP contribution in [0.5, 0.6) is 0 Å². The standard InChI is InChI=1S/C15H20N2O/c1-2-12-7-9-14(10-8-12)17-15(18)16-11-13-5-3-4-6-13/h7-11H,2-6H2,1H3,(H2,16,17,18). The number of aryl methyl sites for hydroxylation is 1. The first-order chi connectivity index (χ1) is 8.78. The van der Waals surface area contributed by atoms with Gasteiger partial charge in [0.05, 0.1) is 0 Å². The fraction of sp³-hybridized carbons (Fsp3) is 0.400. The molecule has 3 nitrogen and oxygen atoms in total. The van der Waals surface area contributed by atoms with Crippen molar-refractivity contribution in [2.24, 2.45) is 0 Å². The van der Waals surface area contributed by atoms with E-state index in [4.69, 9.17) is 0 Å². The Kier molecular flexibility index (Phi) is 4.40. The molecule has 0 atom stereocenters. The number of urea groups is 1. The third-order valence-electron chi connectivity index (χ3n) is 3.27. The summed E-state index contributed by atoms with van der Waals surface area (Å²) >= 11 is 0. The van der Waals surface area contributed by atoms with E-state index < -0.39 is 0 Å².